The number of hydrogen-bond acceptors (Lipinski definition) is 2. The first-order valence-electron chi connectivity index (χ1n) is 10.9. The number of aromatic nitrogens is 2. The van der Waals surface area contributed by atoms with Gasteiger partial charge in [-0.2, -0.15) is 13.2 Å². The van der Waals surface area contributed by atoms with Crippen molar-refractivity contribution in [3.8, 4) is 5.75 Å². The second-order valence-electron chi connectivity index (χ2n) is 7.72. The van der Waals surface area contributed by atoms with Gasteiger partial charge in [0.2, 0.25) is 0 Å². The predicted molar refractivity (Wildman–Crippen MR) is 133 cm³/mol. The molecule has 0 atom stereocenters. The molecular weight excluding hydrogens is 436 g/mol. The Bertz CT molecular complexity index is 1200. The van der Waals surface area contributed by atoms with Crippen LogP contribution >= 0.6 is 0 Å². The number of aryl methyl sites for hydroxylation is 1. The maximum atomic E-state index is 12.6. The predicted octanol–water partition coefficient (Wildman–Crippen LogP) is 5.76. The molecule has 0 saturated heterocycles. The van der Waals surface area contributed by atoms with Crippen LogP contribution in [0.1, 0.15) is 28.2 Å². The Morgan fingerprint density at radius 3 is 2.38 bits per heavy atom. The van der Waals surface area contributed by atoms with Crippen LogP contribution < -0.4 is 10.2 Å². The lowest BCUT2D eigenvalue weighted by Crippen LogP contribution is -2.14. The Balaban J connectivity index is 0.000000212. The highest BCUT2D eigenvalue weighted by molar-refractivity contribution is 6.60. The Hall–Kier alpha value is -3.74. The number of benzene rings is 3. The van der Waals surface area contributed by atoms with E-state index in [0.717, 1.165) is 41.3 Å². The molecule has 0 amide bonds. The SMILES string of the molecule is COc1ccccc1BC=Cc1cccc(C(F)(F)F)c1.Cc1cnc(Cc2ccccc2)[nH]1. The zero-order valence-electron chi connectivity index (χ0n) is 19.1. The molecule has 34 heavy (non-hydrogen) atoms. The van der Waals surface area contributed by atoms with Gasteiger partial charge in [0, 0.05) is 18.3 Å². The largest absolute Gasteiger partial charge is 0.497 e. The van der Waals surface area contributed by atoms with Gasteiger partial charge in [-0.1, -0.05) is 66.7 Å². The minimum Gasteiger partial charge on any atom is -0.497 e. The Labute approximate surface area is 198 Å². The number of rotatable bonds is 6. The van der Waals surface area contributed by atoms with Crippen molar-refractivity contribution in [2.45, 2.75) is 19.5 Å². The molecule has 0 aliphatic heterocycles. The van der Waals surface area contributed by atoms with Crippen molar-refractivity contribution < 1.29 is 17.9 Å². The first-order chi connectivity index (χ1) is 16.3. The summed E-state index contributed by atoms with van der Waals surface area (Å²) in [6.07, 6.45) is 0.112. The summed E-state index contributed by atoms with van der Waals surface area (Å²) in [5, 5.41) is 0. The van der Waals surface area contributed by atoms with Crippen molar-refractivity contribution in [1.82, 2.24) is 9.97 Å². The average molecular weight is 462 g/mol. The van der Waals surface area contributed by atoms with Crippen LogP contribution in [0.3, 0.4) is 0 Å². The van der Waals surface area contributed by atoms with Gasteiger partial charge in [-0.3, -0.25) is 0 Å². The van der Waals surface area contributed by atoms with Crippen LogP contribution in [0.15, 0.2) is 91.0 Å². The highest BCUT2D eigenvalue weighted by atomic mass is 19.4. The average Bonchev–Trinajstić information content (AvgIpc) is 3.24. The molecule has 3 nitrogen and oxygen atoms in total. The summed E-state index contributed by atoms with van der Waals surface area (Å²) in [5.74, 6) is 3.63. The topological polar surface area (TPSA) is 37.9 Å². The van der Waals surface area contributed by atoms with E-state index in [0.29, 0.717) is 12.8 Å². The summed E-state index contributed by atoms with van der Waals surface area (Å²) in [7, 11) is 2.19. The van der Waals surface area contributed by atoms with E-state index in [2.05, 4.69) is 22.1 Å². The highest BCUT2D eigenvalue weighted by Crippen LogP contribution is 2.29. The van der Waals surface area contributed by atoms with E-state index in [1.165, 1.54) is 11.6 Å². The summed E-state index contributed by atoms with van der Waals surface area (Å²) in [6.45, 7) is 2.02. The second-order valence-corrected chi connectivity index (χ2v) is 7.72. The summed E-state index contributed by atoms with van der Waals surface area (Å²) < 4.78 is 43.1. The number of H-pyrrole nitrogens is 1. The number of aromatic amines is 1. The highest BCUT2D eigenvalue weighted by Gasteiger charge is 2.30. The molecule has 174 valence electrons. The van der Waals surface area contributed by atoms with Gasteiger partial charge in [-0.15, -0.1) is 5.98 Å². The third-order valence-corrected chi connectivity index (χ3v) is 5.02. The zero-order valence-corrected chi connectivity index (χ0v) is 19.1. The molecule has 3 aromatic carbocycles. The number of hydrogen-bond donors (Lipinski definition) is 1. The van der Waals surface area contributed by atoms with Gasteiger partial charge in [0.15, 0.2) is 7.28 Å². The van der Waals surface area contributed by atoms with Crippen molar-refractivity contribution >= 4 is 18.8 Å². The van der Waals surface area contributed by atoms with Crippen LogP contribution in [-0.2, 0) is 12.6 Å². The molecule has 1 N–H and O–H groups in total. The number of para-hydroxylation sites is 1. The number of methoxy groups -OCH3 is 1. The van der Waals surface area contributed by atoms with Crippen molar-refractivity contribution in [2.75, 3.05) is 7.11 Å². The summed E-state index contributed by atoms with van der Waals surface area (Å²) >= 11 is 0. The zero-order chi connectivity index (χ0) is 24.4. The molecule has 4 aromatic rings. The molecule has 0 radical (unpaired) electrons. The number of ether oxygens (including phenoxy) is 1. The van der Waals surface area contributed by atoms with Gasteiger partial charge in [-0.25, -0.2) is 4.98 Å². The molecule has 0 fully saturated rings. The van der Waals surface area contributed by atoms with Gasteiger partial charge < -0.3 is 9.72 Å². The number of nitrogens with one attached hydrogen (secondary N) is 1. The van der Waals surface area contributed by atoms with Crippen LogP contribution in [0, 0.1) is 6.92 Å². The molecule has 7 heteroatoms. The van der Waals surface area contributed by atoms with E-state index >= 15 is 0 Å². The quantitative estimate of drug-likeness (QED) is 0.371. The van der Waals surface area contributed by atoms with Crippen LogP contribution in [0.2, 0.25) is 0 Å². The van der Waals surface area contributed by atoms with Crippen molar-refractivity contribution in [2.24, 2.45) is 0 Å². The third kappa shape index (κ3) is 7.69. The monoisotopic (exact) mass is 462 g/mol. The lowest BCUT2D eigenvalue weighted by molar-refractivity contribution is -0.137. The standard InChI is InChI=1S/C16H14BF3O.C11H12N2/c1-21-15-8-3-2-7-14(15)17-10-9-12-5-4-6-13(11-12)16(18,19)20;1-9-8-12-11(13-9)7-10-5-3-2-4-6-10/h2-11,17H,1H3;2-6,8H,7H2,1H3,(H,12,13). The van der Waals surface area contributed by atoms with Gasteiger partial charge in [0.25, 0.3) is 0 Å². The number of halogens is 3. The number of imidazole rings is 1. The fourth-order valence-electron chi connectivity index (χ4n) is 3.36. The van der Waals surface area contributed by atoms with E-state index in [9.17, 15) is 13.2 Å². The number of alkyl halides is 3. The Morgan fingerprint density at radius 2 is 1.71 bits per heavy atom. The first kappa shape index (κ1) is 24.9. The van der Waals surface area contributed by atoms with E-state index in [1.54, 1.807) is 19.3 Å². The fourth-order valence-corrected chi connectivity index (χ4v) is 3.36. The molecule has 0 bridgehead atoms. The molecule has 0 spiro atoms. The van der Waals surface area contributed by atoms with E-state index in [4.69, 9.17) is 4.74 Å². The normalized spacial score (nSPS) is 11.1. The minimum absolute atomic E-state index is 0.528. The number of nitrogens with zero attached hydrogens (tertiary/aromatic N) is 1. The lowest BCUT2D eigenvalue weighted by atomic mass is 9.69. The van der Waals surface area contributed by atoms with Crippen LogP contribution in [0.5, 0.6) is 5.75 Å². The van der Waals surface area contributed by atoms with Gasteiger partial charge in [0.1, 0.15) is 11.6 Å². The smallest absolute Gasteiger partial charge is 0.416 e. The van der Waals surface area contributed by atoms with Crippen molar-refractivity contribution in [3.05, 3.63) is 119 Å². The maximum absolute atomic E-state index is 12.6. The molecule has 1 aromatic heterocycles. The minimum atomic E-state index is -4.31. The van der Waals surface area contributed by atoms with E-state index in [-0.39, 0.29) is 0 Å². The Kier molecular flexibility index (Phi) is 8.74. The fraction of sp³-hybridized carbons (Fsp3) is 0.148. The van der Waals surface area contributed by atoms with Gasteiger partial charge in [-0.05, 0) is 41.7 Å². The summed E-state index contributed by atoms with van der Waals surface area (Å²) in [4.78, 5) is 7.47. The van der Waals surface area contributed by atoms with E-state index in [1.807, 2.05) is 61.6 Å². The van der Waals surface area contributed by atoms with Crippen LogP contribution in [0.25, 0.3) is 6.08 Å². The first-order valence-corrected chi connectivity index (χ1v) is 10.9. The Morgan fingerprint density at radius 1 is 0.971 bits per heavy atom. The van der Waals surface area contributed by atoms with E-state index < -0.39 is 11.7 Å². The molecule has 0 aliphatic carbocycles. The summed E-state index contributed by atoms with van der Waals surface area (Å²) in [6, 6.07) is 23.1. The molecule has 0 unspecified atom stereocenters. The van der Waals surface area contributed by atoms with Crippen LogP contribution in [-0.4, -0.2) is 24.4 Å². The molecule has 0 saturated carbocycles. The molecule has 0 aliphatic rings. The summed E-state index contributed by atoms with van der Waals surface area (Å²) in [5.41, 5.74) is 3.28. The van der Waals surface area contributed by atoms with Crippen molar-refractivity contribution in [1.29, 1.82) is 0 Å². The lowest BCUT2D eigenvalue weighted by Gasteiger charge is -2.07. The van der Waals surface area contributed by atoms with Gasteiger partial charge in [0.05, 0.1) is 12.7 Å². The molecule has 4 rings (SSSR count). The van der Waals surface area contributed by atoms with Gasteiger partial charge >= 0.3 is 6.18 Å². The molecule has 1 heterocycles. The van der Waals surface area contributed by atoms with Crippen LogP contribution in [0.4, 0.5) is 13.2 Å². The third-order valence-electron chi connectivity index (χ3n) is 5.02. The second kappa shape index (κ2) is 11.9. The maximum Gasteiger partial charge on any atom is 0.416 e. The molecular formula is C27H26BF3N2O. The van der Waals surface area contributed by atoms with Crippen molar-refractivity contribution in [3.63, 3.8) is 0 Å².